The standard InChI is InChI=1S/C19H19F2N5OS/c1-11(2)13-4-7-15(8-5-13)26-19(23-24-25-26)28-12(3)18(27)22-17-9-6-14(20)10-16(17)21/h4-12H,1-3H3,(H,22,27). The van der Waals surface area contributed by atoms with E-state index >= 15 is 0 Å². The smallest absolute Gasteiger partial charge is 0.237 e. The van der Waals surface area contributed by atoms with E-state index in [9.17, 15) is 13.6 Å². The molecule has 3 rings (SSSR count). The molecule has 1 unspecified atom stereocenters. The van der Waals surface area contributed by atoms with Crippen molar-refractivity contribution < 1.29 is 13.6 Å². The average molecular weight is 403 g/mol. The van der Waals surface area contributed by atoms with Gasteiger partial charge in [0, 0.05) is 6.07 Å². The topological polar surface area (TPSA) is 72.7 Å². The van der Waals surface area contributed by atoms with Gasteiger partial charge < -0.3 is 5.32 Å². The Kier molecular flexibility index (Phi) is 6.03. The van der Waals surface area contributed by atoms with Crippen LogP contribution in [0.4, 0.5) is 14.5 Å². The zero-order valence-electron chi connectivity index (χ0n) is 15.6. The molecule has 0 aliphatic heterocycles. The number of nitrogens with one attached hydrogen (secondary N) is 1. The first-order valence-corrected chi connectivity index (χ1v) is 9.54. The van der Waals surface area contributed by atoms with Crippen molar-refractivity contribution in [2.24, 2.45) is 0 Å². The summed E-state index contributed by atoms with van der Waals surface area (Å²) in [6.07, 6.45) is 0. The summed E-state index contributed by atoms with van der Waals surface area (Å²) in [5.74, 6) is -1.58. The Morgan fingerprint density at radius 1 is 1.11 bits per heavy atom. The van der Waals surface area contributed by atoms with Crippen LogP contribution < -0.4 is 5.32 Å². The Bertz CT molecular complexity index is 975. The van der Waals surface area contributed by atoms with Crippen LogP contribution in [-0.2, 0) is 4.79 Å². The number of hydrogen-bond donors (Lipinski definition) is 1. The first kappa shape index (κ1) is 19.9. The van der Waals surface area contributed by atoms with Gasteiger partial charge in [-0.15, -0.1) is 5.10 Å². The number of thioether (sulfide) groups is 1. The molecule has 0 saturated carbocycles. The lowest BCUT2D eigenvalue weighted by Crippen LogP contribution is -2.23. The Balaban J connectivity index is 1.71. The maximum atomic E-state index is 13.7. The Labute approximate surface area is 165 Å². The highest BCUT2D eigenvalue weighted by Crippen LogP contribution is 2.25. The molecule has 0 aliphatic carbocycles. The van der Waals surface area contributed by atoms with Crippen molar-refractivity contribution in [3.63, 3.8) is 0 Å². The monoisotopic (exact) mass is 403 g/mol. The van der Waals surface area contributed by atoms with Crippen LogP contribution in [-0.4, -0.2) is 31.4 Å². The molecule has 0 fully saturated rings. The molecule has 6 nitrogen and oxygen atoms in total. The highest BCUT2D eigenvalue weighted by atomic mass is 32.2. The van der Waals surface area contributed by atoms with Crippen LogP contribution in [0.1, 0.15) is 32.3 Å². The van der Waals surface area contributed by atoms with Gasteiger partial charge in [-0.3, -0.25) is 4.79 Å². The van der Waals surface area contributed by atoms with Crippen molar-refractivity contribution in [3.8, 4) is 5.69 Å². The summed E-state index contributed by atoms with van der Waals surface area (Å²) >= 11 is 1.14. The SMILES string of the molecule is CC(Sc1nnnn1-c1ccc(C(C)C)cc1)C(=O)Nc1ccc(F)cc1F. The molecule has 1 amide bonds. The number of aromatic nitrogens is 4. The Hall–Kier alpha value is -2.81. The molecule has 146 valence electrons. The second-order valence-electron chi connectivity index (χ2n) is 6.49. The zero-order chi connectivity index (χ0) is 20.3. The summed E-state index contributed by atoms with van der Waals surface area (Å²) in [6, 6.07) is 10.8. The normalized spacial score (nSPS) is 12.2. The van der Waals surface area contributed by atoms with E-state index in [0.29, 0.717) is 11.1 Å². The lowest BCUT2D eigenvalue weighted by Gasteiger charge is -2.12. The molecule has 1 atom stereocenters. The van der Waals surface area contributed by atoms with Crippen molar-refractivity contribution in [3.05, 3.63) is 59.7 Å². The molecule has 3 aromatic rings. The van der Waals surface area contributed by atoms with Crippen molar-refractivity contribution in [1.29, 1.82) is 0 Å². The molecular formula is C19H19F2N5OS. The average Bonchev–Trinajstić information content (AvgIpc) is 3.12. The van der Waals surface area contributed by atoms with Crippen LogP contribution in [0.15, 0.2) is 47.6 Å². The van der Waals surface area contributed by atoms with Crippen LogP contribution in [0.25, 0.3) is 5.69 Å². The molecule has 1 N–H and O–H groups in total. The van der Waals surface area contributed by atoms with E-state index in [-0.39, 0.29) is 5.69 Å². The predicted molar refractivity (Wildman–Crippen MR) is 104 cm³/mol. The van der Waals surface area contributed by atoms with E-state index in [4.69, 9.17) is 0 Å². The van der Waals surface area contributed by atoms with E-state index in [1.165, 1.54) is 16.3 Å². The lowest BCUT2D eigenvalue weighted by atomic mass is 10.0. The summed E-state index contributed by atoms with van der Waals surface area (Å²) in [4.78, 5) is 12.4. The van der Waals surface area contributed by atoms with Gasteiger partial charge in [-0.1, -0.05) is 37.7 Å². The fraction of sp³-hybridized carbons (Fsp3) is 0.263. The van der Waals surface area contributed by atoms with Gasteiger partial charge in [-0.2, -0.15) is 4.68 Å². The summed E-state index contributed by atoms with van der Waals surface area (Å²) in [5.41, 5.74) is 1.89. The summed E-state index contributed by atoms with van der Waals surface area (Å²) in [6.45, 7) is 5.87. The maximum Gasteiger partial charge on any atom is 0.237 e. The third-order valence-corrected chi connectivity index (χ3v) is 5.12. The Morgan fingerprint density at radius 2 is 1.82 bits per heavy atom. The largest absolute Gasteiger partial charge is 0.323 e. The van der Waals surface area contributed by atoms with E-state index in [0.717, 1.165) is 29.6 Å². The molecule has 0 bridgehead atoms. The number of carbonyl (C=O) groups excluding carboxylic acids is 1. The van der Waals surface area contributed by atoms with Crippen LogP contribution >= 0.6 is 11.8 Å². The number of carbonyl (C=O) groups is 1. The second-order valence-corrected chi connectivity index (χ2v) is 7.80. The number of nitrogens with zero attached hydrogens (tertiary/aromatic N) is 4. The minimum absolute atomic E-state index is 0.0808. The van der Waals surface area contributed by atoms with Gasteiger partial charge in [0.15, 0.2) is 0 Å². The first-order chi connectivity index (χ1) is 13.3. The maximum absolute atomic E-state index is 13.7. The second kappa shape index (κ2) is 8.47. The van der Waals surface area contributed by atoms with Gasteiger partial charge >= 0.3 is 0 Å². The van der Waals surface area contributed by atoms with E-state index < -0.39 is 22.8 Å². The van der Waals surface area contributed by atoms with Gasteiger partial charge in [0.2, 0.25) is 11.1 Å². The molecule has 0 spiro atoms. The van der Waals surface area contributed by atoms with Crippen LogP contribution in [0.3, 0.4) is 0 Å². The third kappa shape index (κ3) is 4.53. The first-order valence-electron chi connectivity index (χ1n) is 8.66. The predicted octanol–water partition coefficient (Wildman–Crippen LogP) is 4.18. The molecule has 0 aliphatic rings. The molecule has 1 aromatic heterocycles. The molecule has 1 heterocycles. The molecule has 0 saturated heterocycles. The summed E-state index contributed by atoms with van der Waals surface area (Å²) < 4.78 is 28.3. The highest BCUT2D eigenvalue weighted by molar-refractivity contribution is 8.00. The summed E-state index contributed by atoms with van der Waals surface area (Å²) in [5, 5.41) is 13.9. The molecule has 2 aromatic carbocycles. The lowest BCUT2D eigenvalue weighted by molar-refractivity contribution is -0.115. The van der Waals surface area contributed by atoms with Gasteiger partial charge in [-0.25, -0.2) is 8.78 Å². The highest BCUT2D eigenvalue weighted by Gasteiger charge is 2.20. The number of tetrazole rings is 1. The molecular weight excluding hydrogens is 384 g/mol. The molecule has 9 heteroatoms. The van der Waals surface area contributed by atoms with Crippen molar-refractivity contribution >= 4 is 23.4 Å². The number of amides is 1. The molecule has 0 radical (unpaired) electrons. The van der Waals surface area contributed by atoms with Crippen LogP contribution in [0.5, 0.6) is 0 Å². The van der Waals surface area contributed by atoms with E-state index in [2.05, 4.69) is 34.7 Å². The van der Waals surface area contributed by atoms with Crippen LogP contribution in [0.2, 0.25) is 0 Å². The minimum Gasteiger partial charge on any atom is -0.323 e. The van der Waals surface area contributed by atoms with Crippen LogP contribution in [0, 0.1) is 11.6 Å². The van der Waals surface area contributed by atoms with Crippen molar-refractivity contribution in [2.45, 2.75) is 37.1 Å². The number of rotatable bonds is 6. The summed E-state index contributed by atoms with van der Waals surface area (Å²) in [7, 11) is 0. The minimum atomic E-state index is -0.833. The van der Waals surface area contributed by atoms with Gasteiger partial charge in [-0.05, 0) is 53.1 Å². The van der Waals surface area contributed by atoms with Gasteiger partial charge in [0.1, 0.15) is 11.6 Å². The van der Waals surface area contributed by atoms with E-state index in [1.807, 2.05) is 24.3 Å². The fourth-order valence-electron chi connectivity index (χ4n) is 2.45. The fourth-order valence-corrected chi connectivity index (χ4v) is 3.26. The number of benzene rings is 2. The third-order valence-electron chi connectivity index (χ3n) is 4.09. The molecule has 28 heavy (non-hydrogen) atoms. The van der Waals surface area contributed by atoms with Gasteiger partial charge in [0.05, 0.1) is 16.6 Å². The van der Waals surface area contributed by atoms with Crippen molar-refractivity contribution in [2.75, 3.05) is 5.32 Å². The quantitative estimate of drug-likeness (QED) is 0.625. The number of halogens is 2. The Morgan fingerprint density at radius 3 is 2.46 bits per heavy atom. The zero-order valence-corrected chi connectivity index (χ0v) is 16.4. The number of hydrogen-bond acceptors (Lipinski definition) is 5. The number of anilines is 1. The van der Waals surface area contributed by atoms with Crippen molar-refractivity contribution in [1.82, 2.24) is 20.2 Å². The van der Waals surface area contributed by atoms with Gasteiger partial charge in [0.25, 0.3) is 0 Å². The van der Waals surface area contributed by atoms with E-state index in [1.54, 1.807) is 6.92 Å².